The third-order valence-electron chi connectivity index (χ3n) is 3.20. The Balaban J connectivity index is 1.71. The van der Waals surface area contributed by atoms with Crippen LogP contribution in [0.1, 0.15) is 5.69 Å². The molecule has 0 aliphatic carbocycles. The molecule has 0 amide bonds. The largest absolute Gasteiger partial charge is 0.421 e. The third kappa shape index (κ3) is 2.06. The fraction of sp³-hybridized carbons (Fsp3) is 0.0714. The van der Waals surface area contributed by atoms with E-state index in [4.69, 9.17) is 4.42 Å². The van der Waals surface area contributed by atoms with Crippen molar-refractivity contribution in [2.24, 2.45) is 0 Å². The lowest BCUT2D eigenvalue weighted by Crippen LogP contribution is -2.15. The SMILES string of the molecule is O=c1oc2cccnc2n1Cc1cn(-c2cccnc2)nn1. The van der Waals surface area contributed by atoms with Gasteiger partial charge in [-0.3, -0.25) is 9.55 Å². The number of aromatic nitrogens is 6. The van der Waals surface area contributed by atoms with Gasteiger partial charge < -0.3 is 4.42 Å². The first kappa shape index (κ1) is 12.5. The highest BCUT2D eigenvalue weighted by Gasteiger charge is 2.12. The van der Waals surface area contributed by atoms with Gasteiger partial charge in [0.05, 0.1) is 24.6 Å². The minimum absolute atomic E-state index is 0.239. The molecule has 22 heavy (non-hydrogen) atoms. The van der Waals surface area contributed by atoms with Gasteiger partial charge in [0.1, 0.15) is 5.69 Å². The third-order valence-corrected chi connectivity index (χ3v) is 3.20. The molecule has 0 saturated heterocycles. The van der Waals surface area contributed by atoms with Crippen molar-refractivity contribution in [2.75, 3.05) is 0 Å². The molecule has 4 heterocycles. The number of oxazole rings is 1. The highest BCUT2D eigenvalue weighted by Crippen LogP contribution is 2.11. The van der Waals surface area contributed by atoms with Crippen molar-refractivity contribution in [2.45, 2.75) is 6.54 Å². The Morgan fingerprint density at radius 2 is 2.09 bits per heavy atom. The number of pyridine rings is 2. The molecule has 108 valence electrons. The topological polar surface area (TPSA) is 91.6 Å². The second-order valence-electron chi connectivity index (χ2n) is 4.64. The van der Waals surface area contributed by atoms with E-state index in [0.29, 0.717) is 16.9 Å². The highest BCUT2D eigenvalue weighted by atomic mass is 16.4. The lowest BCUT2D eigenvalue weighted by Gasteiger charge is -1.98. The summed E-state index contributed by atoms with van der Waals surface area (Å²) in [5.74, 6) is -0.468. The van der Waals surface area contributed by atoms with Crippen molar-refractivity contribution in [3.8, 4) is 5.69 Å². The Morgan fingerprint density at radius 1 is 1.18 bits per heavy atom. The minimum Gasteiger partial charge on any atom is -0.406 e. The summed E-state index contributed by atoms with van der Waals surface area (Å²) in [5.41, 5.74) is 2.36. The summed E-state index contributed by atoms with van der Waals surface area (Å²) < 4.78 is 8.17. The van der Waals surface area contributed by atoms with Crippen molar-refractivity contribution in [1.29, 1.82) is 0 Å². The Hall–Kier alpha value is -3.29. The first-order valence-corrected chi connectivity index (χ1v) is 6.57. The molecule has 8 nitrogen and oxygen atoms in total. The van der Waals surface area contributed by atoms with Crippen LogP contribution in [0.5, 0.6) is 0 Å². The average Bonchev–Trinajstić information content (AvgIpc) is 3.14. The zero-order valence-electron chi connectivity index (χ0n) is 11.3. The van der Waals surface area contributed by atoms with Gasteiger partial charge >= 0.3 is 5.76 Å². The summed E-state index contributed by atoms with van der Waals surface area (Å²) in [6.45, 7) is 0.239. The van der Waals surface area contributed by atoms with Gasteiger partial charge in [-0.05, 0) is 24.3 Å². The van der Waals surface area contributed by atoms with E-state index in [1.54, 1.807) is 41.6 Å². The number of hydrogen-bond acceptors (Lipinski definition) is 6. The van der Waals surface area contributed by atoms with E-state index in [-0.39, 0.29) is 6.54 Å². The summed E-state index contributed by atoms with van der Waals surface area (Å²) >= 11 is 0. The van der Waals surface area contributed by atoms with Crippen molar-refractivity contribution in [3.05, 3.63) is 65.3 Å². The smallest absolute Gasteiger partial charge is 0.406 e. The first-order valence-electron chi connectivity index (χ1n) is 6.57. The molecular weight excluding hydrogens is 284 g/mol. The van der Waals surface area contributed by atoms with Crippen LogP contribution in [0.15, 0.2) is 58.3 Å². The fourth-order valence-electron chi connectivity index (χ4n) is 2.19. The van der Waals surface area contributed by atoms with Crippen LogP contribution in [0.2, 0.25) is 0 Å². The van der Waals surface area contributed by atoms with Gasteiger partial charge in [0, 0.05) is 12.4 Å². The Kier molecular flexibility index (Phi) is 2.78. The molecule has 8 heteroatoms. The van der Waals surface area contributed by atoms with E-state index in [1.807, 2.05) is 12.1 Å². The van der Waals surface area contributed by atoms with Gasteiger partial charge in [0.15, 0.2) is 11.2 Å². The summed E-state index contributed by atoms with van der Waals surface area (Å²) in [7, 11) is 0. The lowest BCUT2D eigenvalue weighted by atomic mass is 10.4. The molecule has 4 aromatic rings. The molecule has 4 rings (SSSR count). The summed E-state index contributed by atoms with van der Waals surface area (Å²) in [4.78, 5) is 20.1. The van der Waals surface area contributed by atoms with Gasteiger partial charge in [-0.2, -0.15) is 0 Å². The van der Waals surface area contributed by atoms with Crippen LogP contribution in [-0.4, -0.2) is 29.5 Å². The van der Waals surface area contributed by atoms with E-state index in [9.17, 15) is 4.79 Å². The van der Waals surface area contributed by atoms with Gasteiger partial charge in [-0.15, -0.1) is 5.10 Å². The van der Waals surface area contributed by atoms with Crippen LogP contribution in [-0.2, 0) is 6.54 Å². The van der Waals surface area contributed by atoms with Crippen molar-refractivity contribution in [3.63, 3.8) is 0 Å². The van der Waals surface area contributed by atoms with Crippen LogP contribution >= 0.6 is 0 Å². The van der Waals surface area contributed by atoms with E-state index in [2.05, 4.69) is 20.3 Å². The van der Waals surface area contributed by atoms with Crippen LogP contribution in [0.25, 0.3) is 16.9 Å². The molecule has 0 spiro atoms. The van der Waals surface area contributed by atoms with Gasteiger partial charge in [-0.25, -0.2) is 14.5 Å². The van der Waals surface area contributed by atoms with E-state index >= 15 is 0 Å². The van der Waals surface area contributed by atoms with Crippen LogP contribution in [0.3, 0.4) is 0 Å². The molecule has 0 bridgehead atoms. The zero-order chi connectivity index (χ0) is 14.9. The maximum atomic E-state index is 11.9. The second-order valence-corrected chi connectivity index (χ2v) is 4.64. The van der Waals surface area contributed by atoms with E-state index in [0.717, 1.165) is 5.69 Å². The molecule has 0 aromatic carbocycles. The molecule has 0 unspecified atom stereocenters. The highest BCUT2D eigenvalue weighted by molar-refractivity contribution is 5.67. The number of fused-ring (bicyclic) bond motifs is 1. The lowest BCUT2D eigenvalue weighted by molar-refractivity contribution is 0.515. The van der Waals surface area contributed by atoms with Gasteiger partial charge in [0.25, 0.3) is 0 Å². The average molecular weight is 294 g/mol. The Labute approximate surface area is 123 Å². The number of nitrogens with zero attached hydrogens (tertiary/aromatic N) is 6. The van der Waals surface area contributed by atoms with Gasteiger partial charge in [-0.1, -0.05) is 5.21 Å². The van der Waals surface area contributed by atoms with Crippen LogP contribution < -0.4 is 5.76 Å². The van der Waals surface area contributed by atoms with Gasteiger partial charge in [0.2, 0.25) is 0 Å². The first-order chi connectivity index (χ1) is 10.8. The summed E-state index contributed by atoms with van der Waals surface area (Å²) in [6.07, 6.45) is 6.72. The quantitative estimate of drug-likeness (QED) is 0.560. The zero-order valence-corrected chi connectivity index (χ0v) is 11.3. The van der Waals surface area contributed by atoms with Crippen molar-refractivity contribution in [1.82, 2.24) is 29.5 Å². The maximum absolute atomic E-state index is 11.9. The van der Waals surface area contributed by atoms with E-state index in [1.165, 1.54) is 4.57 Å². The Bertz CT molecular complexity index is 985. The number of hydrogen-bond donors (Lipinski definition) is 0. The molecule has 0 saturated carbocycles. The van der Waals surface area contributed by atoms with Crippen LogP contribution in [0, 0.1) is 0 Å². The molecule has 0 aliphatic rings. The van der Waals surface area contributed by atoms with Crippen LogP contribution in [0.4, 0.5) is 0 Å². The standard InChI is InChI=1S/C14H10N6O2/c21-14-19(13-12(22-14)4-2-6-16-13)8-10-9-20(18-17-10)11-3-1-5-15-7-11/h1-7,9H,8H2. The maximum Gasteiger partial charge on any atom is 0.421 e. The second kappa shape index (κ2) is 4.92. The molecule has 0 atom stereocenters. The monoisotopic (exact) mass is 294 g/mol. The normalized spacial score (nSPS) is 11.1. The predicted molar refractivity (Wildman–Crippen MR) is 76.5 cm³/mol. The molecule has 4 aromatic heterocycles. The molecule has 0 aliphatic heterocycles. The summed E-state index contributed by atoms with van der Waals surface area (Å²) in [5, 5.41) is 8.11. The number of rotatable bonds is 3. The molecule has 0 N–H and O–H groups in total. The molecule has 0 radical (unpaired) electrons. The molecular formula is C14H10N6O2. The predicted octanol–water partition coefficient (Wildman–Crippen LogP) is 1.01. The Morgan fingerprint density at radius 3 is 2.95 bits per heavy atom. The van der Waals surface area contributed by atoms with Crippen molar-refractivity contribution >= 4 is 11.2 Å². The summed E-state index contributed by atoms with van der Waals surface area (Å²) in [6, 6.07) is 7.10. The van der Waals surface area contributed by atoms with E-state index < -0.39 is 5.76 Å². The molecule has 0 fully saturated rings. The minimum atomic E-state index is -0.468. The van der Waals surface area contributed by atoms with Crippen molar-refractivity contribution < 1.29 is 4.42 Å². The fourth-order valence-corrected chi connectivity index (χ4v) is 2.19.